The highest BCUT2D eigenvalue weighted by atomic mass is 35.5. The number of rotatable bonds is 6. The lowest BCUT2D eigenvalue weighted by Gasteiger charge is -2.33. The first-order valence-corrected chi connectivity index (χ1v) is 8.99. The Labute approximate surface area is 163 Å². The smallest absolute Gasteiger partial charge is 0.252 e. The predicted molar refractivity (Wildman–Crippen MR) is 106 cm³/mol. The van der Waals surface area contributed by atoms with Gasteiger partial charge in [0.2, 0.25) is 0 Å². The first kappa shape index (κ1) is 18.7. The Morgan fingerprint density at radius 3 is 1.89 bits per heavy atom. The van der Waals surface area contributed by atoms with Crippen molar-refractivity contribution >= 4 is 23.4 Å². The average molecular weight is 379 g/mol. The molecule has 0 aromatic heterocycles. The van der Waals surface area contributed by atoms with E-state index in [-0.39, 0.29) is 0 Å². The van der Waals surface area contributed by atoms with Crippen LogP contribution in [0.2, 0.25) is 0 Å². The Kier molecular flexibility index (Phi) is 5.57. The van der Waals surface area contributed by atoms with Crippen LogP contribution >= 0.6 is 11.6 Å². The molecule has 3 N–H and O–H groups in total. The summed E-state index contributed by atoms with van der Waals surface area (Å²) in [5.74, 6) is -0.783. The lowest BCUT2D eigenvalue weighted by atomic mass is 9.81. The Hall–Kier alpha value is -3.11. The second-order valence-electron chi connectivity index (χ2n) is 6.13. The molecule has 136 valence electrons. The summed E-state index contributed by atoms with van der Waals surface area (Å²) in [6, 6.07) is 24.9. The van der Waals surface area contributed by atoms with Crippen LogP contribution in [0, 0.1) is 0 Å². The maximum absolute atomic E-state index is 13.0. The molecular weight excluding hydrogens is 360 g/mol. The van der Waals surface area contributed by atoms with Gasteiger partial charge in [-0.25, -0.2) is 0 Å². The Morgan fingerprint density at radius 2 is 1.41 bits per heavy atom. The minimum atomic E-state index is -1.49. The van der Waals surface area contributed by atoms with E-state index in [2.05, 4.69) is 5.32 Å². The van der Waals surface area contributed by atoms with Gasteiger partial charge in [-0.05, 0) is 28.8 Å². The number of amides is 2. The molecule has 0 aliphatic carbocycles. The maximum Gasteiger partial charge on any atom is 0.252 e. The monoisotopic (exact) mass is 378 g/mol. The van der Waals surface area contributed by atoms with Crippen molar-refractivity contribution in [2.45, 2.75) is 11.4 Å². The molecule has 0 atom stereocenters. The summed E-state index contributed by atoms with van der Waals surface area (Å²) in [6.45, 7) is 0. The third-order valence-corrected chi connectivity index (χ3v) is 4.74. The molecule has 0 saturated heterocycles. The van der Waals surface area contributed by atoms with Crippen molar-refractivity contribution < 1.29 is 9.59 Å². The number of hydrogen-bond acceptors (Lipinski definition) is 2. The summed E-state index contributed by atoms with van der Waals surface area (Å²) >= 11 is 5.87. The van der Waals surface area contributed by atoms with Crippen LogP contribution in [0.25, 0.3) is 0 Å². The Morgan fingerprint density at radius 1 is 0.852 bits per heavy atom. The van der Waals surface area contributed by atoms with Gasteiger partial charge in [-0.3, -0.25) is 9.59 Å². The number of carbonyl (C=O) groups is 2. The second-order valence-corrected chi connectivity index (χ2v) is 6.40. The number of hydrogen-bond donors (Lipinski definition) is 2. The highest BCUT2D eigenvalue weighted by Crippen LogP contribution is 2.30. The van der Waals surface area contributed by atoms with Gasteiger partial charge >= 0.3 is 0 Å². The van der Waals surface area contributed by atoms with Crippen LogP contribution in [0.15, 0.2) is 84.9 Å². The van der Waals surface area contributed by atoms with Crippen LogP contribution < -0.4 is 11.1 Å². The molecular formula is C22H19ClN2O2. The molecule has 27 heavy (non-hydrogen) atoms. The molecule has 0 unspecified atom stereocenters. The van der Waals surface area contributed by atoms with E-state index in [0.717, 1.165) is 5.56 Å². The normalized spacial score (nSPS) is 11.0. The summed E-state index contributed by atoms with van der Waals surface area (Å²) in [7, 11) is 0. The molecule has 0 aliphatic rings. The van der Waals surface area contributed by atoms with Gasteiger partial charge in [-0.2, -0.15) is 0 Å². The molecule has 0 saturated carbocycles. The van der Waals surface area contributed by atoms with Gasteiger partial charge < -0.3 is 11.1 Å². The van der Waals surface area contributed by atoms with Gasteiger partial charge in [0.05, 0.1) is 0 Å². The zero-order valence-corrected chi connectivity index (χ0v) is 15.3. The van der Waals surface area contributed by atoms with Crippen LogP contribution in [0.3, 0.4) is 0 Å². The maximum atomic E-state index is 13.0. The standard InChI is InChI=1S/C22H19ClN2O2/c23-15-16-8-7-9-17(14-16)20(26)25-22(21(24)27,18-10-3-1-4-11-18)19-12-5-2-6-13-19/h1-14H,15H2,(H2,24,27)(H,25,26). The minimum Gasteiger partial charge on any atom is -0.367 e. The molecule has 2 amide bonds. The Bertz CT molecular complexity index is 903. The molecule has 0 fully saturated rings. The van der Waals surface area contributed by atoms with Gasteiger partial charge in [-0.1, -0.05) is 72.8 Å². The first-order valence-electron chi connectivity index (χ1n) is 8.46. The van der Waals surface area contributed by atoms with Crippen molar-refractivity contribution in [1.29, 1.82) is 0 Å². The lowest BCUT2D eigenvalue weighted by molar-refractivity contribution is -0.122. The number of nitrogens with one attached hydrogen (secondary N) is 1. The summed E-state index contributed by atoms with van der Waals surface area (Å²) in [5, 5.41) is 2.87. The van der Waals surface area contributed by atoms with Gasteiger partial charge in [-0.15, -0.1) is 11.6 Å². The Balaban J connectivity index is 2.12. The molecule has 3 aromatic rings. The van der Waals surface area contributed by atoms with Crippen LogP contribution in [-0.4, -0.2) is 11.8 Å². The van der Waals surface area contributed by atoms with Crippen molar-refractivity contribution in [2.24, 2.45) is 5.73 Å². The summed E-state index contributed by atoms with van der Waals surface area (Å²) in [4.78, 5) is 25.7. The third-order valence-electron chi connectivity index (χ3n) is 4.43. The number of nitrogens with two attached hydrogens (primary N) is 1. The second kappa shape index (κ2) is 8.06. The van der Waals surface area contributed by atoms with Gasteiger partial charge in [0.25, 0.3) is 11.8 Å². The van der Waals surface area contributed by atoms with E-state index in [0.29, 0.717) is 22.6 Å². The number of halogens is 1. The van der Waals surface area contributed by atoms with E-state index >= 15 is 0 Å². The summed E-state index contributed by atoms with van der Waals surface area (Å²) < 4.78 is 0. The zero-order valence-electron chi connectivity index (χ0n) is 14.6. The van der Waals surface area contributed by atoms with E-state index in [1.807, 2.05) is 18.2 Å². The largest absolute Gasteiger partial charge is 0.367 e. The molecule has 0 aliphatic heterocycles. The quantitative estimate of drug-likeness (QED) is 0.643. The minimum absolute atomic E-state index is 0.291. The van der Waals surface area contributed by atoms with E-state index in [4.69, 9.17) is 17.3 Å². The fraction of sp³-hybridized carbons (Fsp3) is 0.0909. The molecule has 3 aromatic carbocycles. The molecule has 0 heterocycles. The third kappa shape index (κ3) is 3.71. The molecule has 4 nitrogen and oxygen atoms in total. The van der Waals surface area contributed by atoms with E-state index in [1.165, 1.54) is 0 Å². The van der Waals surface area contributed by atoms with Gasteiger partial charge in [0.1, 0.15) is 0 Å². The number of primary amides is 1. The van der Waals surface area contributed by atoms with Crippen LogP contribution in [0.1, 0.15) is 27.0 Å². The molecule has 0 bridgehead atoms. The van der Waals surface area contributed by atoms with Crippen molar-refractivity contribution in [3.63, 3.8) is 0 Å². The zero-order chi connectivity index (χ0) is 19.3. The number of benzene rings is 3. The van der Waals surface area contributed by atoms with Crippen molar-refractivity contribution in [1.82, 2.24) is 5.32 Å². The van der Waals surface area contributed by atoms with Crippen molar-refractivity contribution in [2.75, 3.05) is 0 Å². The molecule has 5 heteroatoms. The predicted octanol–water partition coefficient (Wildman–Crippen LogP) is 3.58. The van der Waals surface area contributed by atoms with E-state index in [9.17, 15) is 9.59 Å². The highest BCUT2D eigenvalue weighted by Gasteiger charge is 2.42. The fourth-order valence-electron chi connectivity index (χ4n) is 3.07. The molecule has 0 spiro atoms. The number of carbonyl (C=O) groups excluding carboxylic acids is 2. The lowest BCUT2D eigenvalue weighted by Crippen LogP contribution is -2.55. The molecule has 3 rings (SSSR count). The van der Waals surface area contributed by atoms with Crippen LogP contribution in [0.5, 0.6) is 0 Å². The highest BCUT2D eigenvalue weighted by molar-refractivity contribution is 6.17. The van der Waals surface area contributed by atoms with Crippen molar-refractivity contribution in [3.8, 4) is 0 Å². The average Bonchev–Trinajstić information content (AvgIpc) is 2.73. The molecule has 0 radical (unpaired) electrons. The van der Waals surface area contributed by atoms with Crippen molar-refractivity contribution in [3.05, 3.63) is 107 Å². The fourth-order valence-corrected chi connectivity index (χ4v) is 3.24. The summed E-state index contributed by atoms with van der Waals surface area (Å²) in [5.41, 5.74) is 6.75. The summed E-state index contributed by atoms with van der Waals surface area (Å²) in [6.07, 6.45) is 0. The van der Waals surface area contributed by atoms with Crippen LogP contribution in [0.4, 0.5) is 0 Å². The topological polar surface area (TPSA) is 72.2 Å². The first-order chi connectivity index (χ1) is 13.1. The SMILES string of the molecule is NC(=O)C(NC(=O)c1cccc(CCl)c1)(c1ccccc1)c1ccccc1. The van der Waals surface area contributed by atoms with E-state index < -0.39 is 17.4 Å². The van der Waals surface area contributed by atoms with Gasteiger partial charge in [0.15, 0.2) is 5.54 Å². The van der Waals surface area contributed by atoms with Gasteiger partial charge in [0, 0.05) is 11.4 Å². The van der Waals surface area contributed by atoms with E-state index in [1.54, 1.807) is 66.7 Å². The van der Waals surface area contributed by atoms with Crippen LogP contribution in [-0.2, 0) is 16.2 Å². The number of alkyl halides is 1.